The van der Waals surface area contributed by atoms with Crippen LogP contribution in [0.3, 0.4) is 0 Å². The van der Waals surface area contributed by atoms with E-state index in [0.29, 0.717) is 11.9 Å². The van der Waals surface area contributed by atoms with Gasteiger partial charge in [-0.1, -0.05) is 6.07 Å². The van der Waals surface area contributed by atoms with E-state index < -0.39 is 0 Å². The molecule has 4 heteroatoms. The van der Waals surface area contributed by atoms with Gasteiger partial charge in [0, 0.05) is 18.0 Å². The molecule has 0 aromatic carbocycles. The lowest BCUT2D eigenvalue weighted by Gasteiger charge is -2.26. The van der Waals surface area contributed by atoms with Crippen molar-refractivity contribution in [3.05, 3.63) is 22.4 Å². The van der Waals surface area contributed by atoms with Crippen LogP contribution in [0.25, 0.3) is 0 Å². The highest BCUT2D eigenvalue weighted by molar-refractivity contribution is 7.10. The Bertz CT molecular complexity index is 384. The van der Waals surface area contributed by atoms with Crippen LogP contribution >= 0.6 is 11.3 Å². The van der Waals surface area contributed by atoms with Crippen molar-refractivity contribution in [2.75, 3.05) is 19.6 Å². The molecular formula is C13H18N2OS. The zero-order valence-corrected chi connectivity index (χ0v) is 10.7. The molecule has 17 heavy (non-hydrogen) atoms. The first kappa shape index (κ1) is 11.2. The first-order valence-electron chi connectivity index (χ1n) is 6.41. The summed E-state index contributed by atoms with van der Waals surface area (Å²) in [5.74, 6) is 0.585. The van der Waals surface area contributed by atoms with Gasteiger partial charge in [0.05, 0.1) is 12.0 Å². The van der Waals surface area contributed by atoms with Crippen LogP contribution in [0, 0.1) is 5.92 Å². The van der Waals surface area contributed by atoms with E-state index >= 15 is 0 Å². The molecule has 2 saturated heterocycles. The highest BCUT2D eigenvalue weighted by atomic mass is 32.1. The standard InChI is InChI=1S/C13H18N2OS/c16-13(10-5-6-14-9-10)15-7-1-3-11(15)12-4-2-8-17-12/h2,4,8,10-11,14H,1,3,5-7,9H2. The summed E-state index contributed by atoms with van der Waals surface area (Å²) < 4.78 is 0. The zero-order chi connectivity index (χ0) is 11.7. The van der Waals surface area contributed by atoms with Gasteiger partial charge < -0.3 is 10.2 Å². The second-order valence-electron chi connectivity index (χ2n) is 4.89. The van der Waals surface area contributed by atoms with Gasteiger partial charge in [-0.05, 0) is 37.3 Å². The number of carbonyl (C=O) groups excluding carboxylic acids is 1. The maximum atomic E-state index is 12.4. The Balaban J connectivity index is 1.75. The number of carbonyl (C=O) groups is 1. The SMILES string of the molecule is O=C(C1CCNC1)N1CCCC1c1cccs1. The molecule has 0 saturated carbocycles. The summed E-state index contributed by atoms with van der Waals surface area (Å²) in [7, 11) is 0. The number of thiophene rings is 1. The Hall–Kier alpha value is -0.870. The molecule has 0 spiro atoms. The van der Waals surface area contributed by atoms with Crippen molar-refractivity contribution < 1.29 is 4.79 Å². The first-order chi connectivity index (χ1) is 8.36. The van der Waals surface area contributed by atoms with E-state index in [1.165, 1.54) is 4.88 Å². The van der Waals surface area contributed by atoms with Crippen LogP contribution in [0.5, 0.6) is 0 Å². The van der Waals surface area contributed by atoms with Gasteiger partial charge in [-0.15, -0.1) is 11.3 Å². The summed E-state index contributed by atoms with van der Waals surface area (Å²) >= 11 is 1.77. The molecule has 3 nitrogen and oxygen atoms in total. The quantitative estimate of drug-likeness (QED) is 0.871. The summed E-state index contributed by atoms with van der Waals surface area (Å²) in [6.07, 6.45) is 3.29. The Morgan fingerprint density at radius 3 is 3.12 bits per heavy atom. The molecule has 1 aromatic heterocycles. The molecule has 1 amide bonds. The van der Waals surface area contributed by atoms with Crippen molar-refractivity contribution >= 4 is 17.2 Å². The molecule has 2 aliphatic rings. The Kier molecular flexibility index (Phi) is 3.16. The molecule has 1 N–H and O–H groups in total. The number of amides is 1. The van der Waals surface area contributed by atoms with Crippen molar-refractivity contribution in [2.24, 2.45) is 5.92 Å². The zero-order valence-electron chi connectivity index (χ0n) is 9.89. The maximum Gasteiger partial charge on any atom is 0.227 e. The summed E-state index contributed by atoms with van der Waals surface area (Å²) in [6, 6.07) is 4.59. The van der Waals surface area contributed by atoms with Gasteiger partial charge in [-0.3, -0.25) is 4.79 Å². The van der Waals surface area contributed by atoms with Crippen molar-refractivity contribution in [2.45, 2.75) is 25.3 Å². The third-order valence-corrected chi connectivity index (χ3v) is 4.79. The van der Waals surface area contributed by atoms with Gasteiger partial charge in [0.2, 0.25) is 5.91 Å². The van der Waals surface area contributed by atoms with Gasteiger partial charge >= 0.3 is 0 Å². The van der Waals surface area contributed by atoms with Crippen LogP contribution in [0.15, 0.2) is 17.5 Å². The van der Waals surface area contributed by atoms with Gasteiger partial charge in [0.25, 0.3) is 0 Å². The number of nitrogens with one attached hydrogen (secondary N) is 1. The van der Waals surface area contributed by atoms with E-state index in [1.54, 1.807) is 11.3 Å². The summed E-state index contributed by atoms with van der Waals surface area (Å²) in [5, 5.41) is 5.39. The first-order valence-corrected chi connectivity index (χ1v) is 7.29. The van der Waals surface area contributed by atoms with Crippen LogP contribution in [0.4, 0.5) is 0 Å². The molecule has 0 aliphatic carbocycles. The fourth-order valence-electron chi connectivity index (χ4n) is 2.91. The van der Waals surface area contributed by atoms with E-state index in [2.05, 4.69) is 27.7 Å². The third-order valence-electron chi connectivity index (χ3n) is 3.82. The van der Waals surface area contributed by atoms with E-state index in [-0.39, 0.29) is 5.92 Å². The summed E-state index contributed by atoms with van der Waals surface area (Å²) in [4.78, 5) is 15.9. The molecule has 3 rings (SSSR count). The number of hydrogen-bond donors (Lipinski definition) is 1. The Morgan fingerprint density at radius 1 is 1.47 bits per heavy atom. The number of nitrogens with zero attached hydrogens (tertiary/aromatic N) is 1. The van der Waals surface area contributed by atoms with Crippen molar-refractivity contribution in [3.63, 3.8) is 0 Å². The maximum absolute atomic E-state index is 12.4. The lowest BCUT2D eigenvalue weighted by atomic mass is 10.1. The van der Waals surface area contributed by atoms with Crippen LogP contribution < -0.4 is 5.32 Å². The highest BCUT2D eigenvalue weighted by Gasteiger charge is 2.35. The lowest BCUT2D eigenvalue weighted by Crippen LogP contribution is -2.36. The lowest BCUT2D eigenvalue weighted by molar-refractivity contribution is -0.135. The van der Waals surface area contributed by atoms with Crippen molar-refractivity contribution in [3.8, 4) is 0 Å². The smallest absolute Gasteiger partial charge is 0.227 e. The normalized spacial score (nSPS) is 28.8. The molecule has 2 fully saturated rings. The molecule has 1 aromatic rings. The predicted molar refractivity (Wildman–Crippen MR) is 69.0 cm³/mol. The molecule has 0 radical (unpaired) electrons. The molecule has 2 aliphatic heterocycles. The Morgan fingerprint density at radius 2 is 2.41 bits per heavy atom. The molecule has 2 unspecified atom stereocenters. The van der Waals surface area contributed by atoms with Crippen LogP contribution in [0.1, 0.15) is 30.2 Å². The van der Waals surface area contributed by atoms with Gasteiger partial charge in [-0.2, -0.15) is 0 Å². The number of rotatable bonds is 2. The van der Waals surface area contributed by atoms with E-state index in [0.717, 1.165) is 38.9 Å². The third kappa shape index (κ3) is 2.11. The minimum absolute atomic E-state index is 0.218. The summed E-state index contributed by atoms with van der Waals surface area (Å²) in [5.41, 5.74) is 0. The number of hydrogen-bond acceptors (Lipinski definition) is 3. The fourth-order valence-corrected chi connectivity index (χ4v) is 3.78. The monoisotopic (exact) mass is 250 g/mol. The average Bonchev–Trinajstić information content (AvgIpc) is 3.09. The van der Waals surface area contributed by atoms with Gasteiger partial charge in [0.15, 0.2) is 0 Å². The highest BCUT2D eigenvalue weighted by Crippen LogP contribution is 2.35. The fraction of sp³-hybridized carbons (Fsp3) is 0.615. The summed E-state index contributed by atoms with van der Waals surface area (Å²) in [6.45, 7) is 2.80. The van der Waals surface area contributed by atoms with E-state index in [1.807, 2.05) is 0 Å². The average molecular weight is 250 g/mol. The minimum atomic E-state index is 0.218. The van der Waals surface area contributed by atoms with Crippen LogP contribution in [-0.4, -0.2) is 30.4 Å². The second kappa shape index (κ2) is 4.78. The second-order valence-corrected chi connectivity index (χ2v) is 5.87. The molecule has 0 bridgehead atoms. The molecular weight excluding hydrogens is 232 g/mol. The Labute approximate surface area is 106 Å². The van der Waals surface area contributed by atoms with Gasteiger partial charge in [-0.25, -0.2) is 0 Å². The van der Waals surface area contributed by atoms with Crippen molar-refractivity contribution in [1.29, 1.82) is 0 Å². The number of likely N-dealkylation sites (tertiary alicyclic amines) is 1. The van der Waals surface area contributed by atoms with Crippen LogP contribution in [0.2, 0.25) is 0 Å². The molecule has 3 heterocycles. The molecule has 2 atom stereocenters. The van der Waals surface area contributed by atoms with Crippen molar-refractivity contribution in [1.82, 2.24) is 10.2 Å². The predicted octanol–water partition coefficient (Wildman–Crippen LogP) is 2.02. The van der Waals surface area contributed by atoms with E-state index in [4.69, 9.17) is 0 Å². The molecule has 92 valence electrons. The van der Waals surface area contributed by atoms with E-state index in [9.17, 15) is 4.79 Å². The largest absolute Gasteiger partial charge is 0.335 e. The minimum Gasteiger partial charge on any atom is -0.335 e. The van der Waals surface area contributed by atoms with Crippen LogP contribution in [-0.2, 0) is 4.79 Å². The van der Waals surface area contributed by atoms with Gasteiger partial charge in [0.1, 0.15) is 0 Å². The topological polar surface area (TPSA) is 32.3 Å².